The zero-order valence-electron chi connectivity index (χ0n) is 16.0. The van der Waals surface area contributed by atoms with Crippen LogP contribution in [-0.4, -0.2) is 64.8 Å². The van der Waals surface area contributed by atoms with Crippen molar-refractivity contribution in [3.8, 4) is 0 Å². The molecule has 2 aromatic rings. The van der Waals surface area contributed by atoms with Gasteiger partial charge in [-0.25, -0.2) is 4.98 Å². The lowest BCUT2D eigenvalue weighted by Gasteiger charge is -2.38. The second-order valence-corrected chi connectivity index (χ2v) is 8.00. The zero-order valence-corrected chi connectivity index (χ0v) is 16.0. The van der Waals surface area contributed by atoms with Crippen molar-refractivity contribution < 1.29 is 0 Å². The van der Waals surface area contributed by atoms with E-state index in [9.17, 15) is 0 Å². The van der Waals surface area contributed by atoms with Gasteiger partial charge >= 0.3 is 0 Å². The zero-order chi connectivity index (χ0) is 18.1. The third-order valence-corrected chi connectivity index (χ3v) is 5.90. The van der Waals surface area contributed by atoms with Crippen LogP contribution in [0.25, 0.3) is 11.0 Å². The summed E-state index contributed by atoms with van der Waals surface area (Å²) in [5.41, 5.74) is 9.56. The number of rotatable bonds is 5. The van der Waals surface area contributed by atoms with Crippen molar-refractivity contribution in [2.24, 2.45) is 0 Å². The standard InChI is InChI=1S/C19H31N7/c1-25(2)11-9-21-18-15-12-26(13-6-4-3-5-7-13)10-8-14(15)16-17(20)23-24-19(16)22-18/h13H,3-12H2,1-2H3,(H4,20,21,22,23,24). The van der Waals surface area contributed by atoms with Gasteiger partial charge in [0.2, 0.25) is 0 Å². The van der Waals surface area contributed by atoms with Gasteiger partial charge in [-0.05, 0) is 38.9 Å². The summed E-state index contributed by atoms with van der Waals surface area (Å²) in [7, 11) is 4.18. The van der Waals surface area contributed by atoms with Crippen molar-refractivity contribution in [1.29, 1.82) is 0 Å². The summed E-state index contributed by atoms with van der Waals surface area (Å²) in [6.45, 7) is 3.93. The fourth-order valence-corrected chi connectivity index (χ4v) is 4.48. The van der Waals surface area contributed by atoms with Crippen LogP contribution in [-0.2, 0) is 13.0 Å². The summed E-state index contributed by atoms with van der Waals surface area (Å²) < 4.78 is 0. The van der Waals surface area contributed by atoms with Crippen LogP contribution in [0.1, 0.15) is 43.2 Å². The normalized spacial score (nSPS) is 19.2. The molecule has 2 aliphatic rings. The molecule has 7 nitrogen and oxygen atoms in total. The van der Waals surface area contributed by atoms with Crippen molar-refractivity contribution >= 4 is 22.7 Å². The Bertz CT molecular complexity index is 761. The van der Waals surface area contributed by atoms with E-state index in [4.69, 9.17) is 10.7 Å². The Balaban J connectivity index is 1.65. The Labute approximate surface area is 155 Å². The second-order valence-electron chi connectivity index (χ2n) is 8.00. The quantitative estimate of drug-likeness (QED) is 0.761. The van der Waals surface area contributed by atoms with Gasteiger partial charge in [0, 0.05) is 37.8 Å². The number of aromatic nitrogens is 3. The minimum Gasteiger partial charge on any atom is -0.384 e. The predicted octanol–water partition coefficient (Wildman–Crippen LogP) is 2.20. The summed E-state index contributed by atoms with van der Waals surface area (Å²) in [6.07, 6.45) is 7.83. The number of fused-ring (bicyclic) bond motifs is 3. The maximum Gasteiger partial charge on any atom is 0.185 e. The number of hydrogen-bond acceptors (Lipinski definition) is 6. The third kappa shape index (κ3) is 3.38. The molecule has 4 rings (SSSR count). The van der Waals surface area contributed by atoms with Crippen LogP contribution in [0.5, 0.6) is 0 Å². The predicted molar refractivity (Wildman–Crippen MR) is 106 cm³/mol. The van der Waals surface area contributed by atoms with Crippen LogP contribution < -0.4 is 11.1 Å². The summed E-state index contributed by atoms with van der Waals surface area (Å²) in [6, 6.07) is 0.726. The molecule has 1 fully saturated rings. The molecule has 0 atom stereocenters. The van der Waals surface area contributed by atoms with Crippen molar-refractivity contribution in [3.63, 3.8) is 0 Å². The fourth-order valence-electron chi connectivity index (χ4n) is 4.48. The summed E-state index contributed by atoms with van der Waals surface area (Å²) in [5.74, 6) is 1.64. The van der Waals surface area contributed by atoms with E-state index in [1.165, 1.54) is 43.2 Å². The van der Waals surface area contributed by atoms with Crippen molar-refractivity contribution in [2.75, 3.05) is 44.8 Å². The number of H-pyrrole nitrogens is 1. The monoisotopic (exact) mass is 357 g/mol. The highest BCUT2D eigenvalue weighted by Crippen LogP contribution is 2.35. The molecule has 3 heterocycles. The third-order valence-electron chi connectivity index (χ3n) is 5.90. The number of likely N-dealkylation sites (N-methyl/N-ethyl adjacent to an activating group) is 1. The molecule has 0 unspecified atom stereocenters. The minimum atomic E-state index is 0.648. The first-order chi connectivity index (χ1) is 12.6. The molecule has 1 saturated carbocycles. The Morgan fingerprint density at radius 1 is 1.23 bits per heavy atom. The number of anilines is 2. The number of nitrogens with two attached hydrogens (primary N) is 1. The lowest BCUT2D eigenvalue weighted by atomic mass is 9.90. The number of pyridine rings is 1. The molecule has 0 bridgehead atoms. The molecule has 7 heteroatoms. The minimum absolute atomic E-state index is 0.648. The van der Waals surface area contributed by atoms with Gasteiger partial charge < -0.3 is 16.0 Å². The van der Waals surface area contributed by atoms with E-state index in [1.807, 2.05) is 0 Å². The molecule has 26 heavy (non-hydrogen) atoms. The second kappa shape index (κ2) is 7.40. The van der Waals surface area contributed by atoms with E-state index in [-0.39, 0.29) is 0 Å². The molecule has 142 valence electrons. The average molecular weight is 358 g/mol. The fraction of sp³-hybridized carbons (Fsp3) is 0.684. The Hall–Kier alpha value is -1.86. The highest BCUT2D eigenvalue weighted by Gasteiger charge is 2.29. The van der Waals surface area contributed by atoms with Gasteiger partial charge in [-0.2, -0.15) is 5.10 Å². The van der Waals surface area contributed by atoms with E-state index in [0.29, 0.717) is 5.82 Å². The molecule has 0 radical (unpaired) electrons. The van der Waals surface area contributed by atoms with Gasteiger partial charge in [0.05, 0.1) is 5.39 Å². The highest BCUT2D eigenvalue weighted by atomic mass is 15.2. The van der Waals surface area contributed by atoms with Crippen molar-refractivity contribution in [1.82, 2.24) is 25.0 Å². The number of aromatic amines is 1. The Morgan fingerprint density at radius 2 is 2.04 bits per heavy atom. The first kappa shape index (κ1) is 17.5. The van der Waals surface area contributed by atoms with E-state index in [0.717, 1.165) is 55.5 Å². The molecule has 0 spiro atoms. The number of nitrogens with zero attached hydrogens (tertiary/aromatic N) is 4. The van der Waals surface area contributed by atoms with Gasteiger partial charge in [0.1, 0.15) is 11.6 Å². The van der Waals surface area contributed by atoms with E-state index >= 15 is 0 Å². The molecule has 0 saturated heterocycles. The maximum atomic E-state index is 6.17. The first-order valence-corrected chi connectivity index (χ1v) is 9.91. The highest BCUT2D eigenvalue weighted by molar-refractivity contribution is 5.92. The van der Waals surface area contributed by atoms with Gasteiger partial charge in [-0.1, -0.05) is 19.3 Å². The molecule has 1 aliphatic heterocycles. The Kier molecular flexibility index (Phi) is 5.00. The molecule has 0 amide bonds. The van der Waals surface area contributed by atoms with Crippen LogP contribution in [0.3, 0.4) is 0 Å². The van der Waals surface area contributed by atoms with Crippen LogP contribution >= 0.6 is 0 Å². The van der Waals surface area contributed by atoms with Crippen LogP contribution in [0, 0.1) is 0 Å². The van der Waals surface area contributed by atoms with Gasteiger partial charge in [0.25, 0.3) is 0 Å². The number of nitrogen functional groups attached to an aromatic ring is 1. The topological polar surface area (TPSA) is 86.1 Å². The maximum absolute atomic E-state index is 6.17. The van der Waals surface area contributed by atoms with E-state index < -0.39 is 0 Å². The Morgan fingerprint density at radius 3 is 2.81 bits per heavy atom. The molecule has 1 aliphatic carbocycles. The van der Waals surface area contributed by atoms with E-state index in [2.05, 4.69) is 39.4 Å². The smallest absolute Gasteiger partial charge is 0.185 e. The SMILES string of the molecule is CN(C)CCNc1nc2n[nH]c(N)c2c2c1CN(C1CCCCC1)CC2. The van der Waals surface area contributed by atoms with E-state index in [1.54, 1.807) is 0 Å². The largest absolute Gasteiger partial charge is 0.384 e. The lowest BCUT2D eigenvalue weighted by Crippen LogP contribution is -2.40. The molecule has 4 N–H and O–H groups in total. The molecule has 2 aromatic heterocycles. The number of hydrogen-bond donors (Lipinski definition) is 3. The van der Waals surface area contributed by atoms with Crippen LogP contribution in [0.2, 0.25) is 0 Å². The molecular weight excluding hydrogens is 326 g/mol. The van der Waals surface area contributed by atoms with Crippen LogP contribution in [0.15, 0.2) is 0 Å². The van der Waals surface area contributed by atoms with Gasteiger partial charge in [-0.3, -0.25) is 10.00 Å². The molecule has 0 aromatic carbocycles. The van der Waals surface area contributed by atoms with Crippen molar-refractivity contribution in [2.45, 2.75) is 51.1 Å². The van der Waals surface area contributed by atoms with Crippen LogP contribution in [0.4, 0.5) is 11.6 Å². The summed E-state index contributed by atoms with van der Waals surface area (Å²) >= 11 is 0. The van der Waals surface area contributed by atoms with Crippen molar-refractivity contribution in [3.05, 3.63) is 11.1 Å². The average Bonchev–Trinajstić information content (AvgIpc) is 3.02. The van der Waals surface area contributed by atoms with Gasteiger partial charge in [0.15, 0.2) is 5.65 Å². The van der Waals surface area contributed by atoms with Gasteiger partial charge in [-0.15, -0.1) is 0 Å². The number of nitrogens with one attached hydrogen (secondary N) is 2. The molecular formula is C19H31N7. The summed E-state index contributed by atoms with van der Waals surface area (Å²) in [4.78, 5) is 9.66. The summed E-state index contributed by atoms with van der Waals surface area (Å²) in [5, 5.41) is 11.8. The first-order valence-electron chi connectivity index (χ1n) is 9.91. The lowest BCUT2D eigenvalue weighted by molar-refractivity contribution is 0.142.